The van der Waals surface area contributed by atoms with E-state index in [1.165, 1.54) is 23.5 Å². The van der Waals surface area contributed by atoms with Gasteiger partial charge in [-0.3, -0.25) is 4.79 Å². The van der Waals surface area contributed by atoms with E-state index in [0.29, 0.717) is 18.2 Å². The third-order valence-corrected chi connectivity index (χ3v) is 5.86. The summed E-state index contributed by atoms with van der Waals surface area (Å²) < 4.78 is 18.2. The number of carbonyl (C=O) groups is 1. The van der Waals surface area contributed by atoms with Crippen LogP contribution in [0.4, 0.5) is 20.9 Å². The van der Waals surface area contributed by atoms with Gasteiger partial charge in [0.1, 0.15) is 11.6 Å². The maximum Gasteiger partial charge on any atom is 0.228 e. The second-order valence-electron chi connectivity index (χ2n) is 7.02. The third-order valence-electron chi connectivity index (χ3n) is 5.05. The van der Waals surface area contributed by atoms with Crippen LogP contribution < -0.4 is 15.0 Å². The van der Waals surface area contributed by atoms with E-state index in [0.717, 1.165) is 35.9 Å². The summed E-state index contributed by atoms with van der Waals surface area (Å²) in [5.41, 5.74) is 2.64. The summed E-state index contributed by atoms with van der Waals surface area (Å²) in [5, 5.41) is 5.71. The highest BCUT2D eigenvalue weighted by Crippen LogP contribution is 2.23. The van der Waals surface area contributed by atoms with Crippen LogP contribution in [-0.4, -0.2) is 49.1 Å². The largest absolute Gasteiger partial charge is 0.497 e. The number of halogens is 1. The average molecular weight is 427 g/mol. The van der Waals surface area contributed by atoms with Gasteiger partial charge in [0.25, 0.3) is 0 Å². The molecule has 1 aromatic heterocycles. The fraction of sp³-hybridized carbons (Fsp3) is 0.273. The second kappa shape index (κ2) is 9.13. The molecule has 1 N–H and O–H groups in total. The highest BCUT2D eigenvalue weighted by Gasteiger charge is 2.22. The molecule has 6 nitrogen and oxygen atoms in total. The Balaban J connectivity index is 1.28. The molecule has 3 aromatic rings. The van der Waals surface area contributed by atoms with Gasteiger partial charge in [-0.15, -0.1) is 11.3 Å². The Kier molecular flexibility index (Phi) is 6.13. The van der Waals surface area contributed by atoms with Crippen molar-refractivity contribution < 1.29 is 13.9 Å². The Morgan fingerprint density at radius 3 is 2.47 bits per heavy atom. The predicted molar refractivity (Wildman–Crippen MR) is 117 cm³/mol. The first-order valence-electron chi connectivity index (χ1n) is 9.74. The van der Waals surface area contributed by atoms with Crippen LogP contribution >= 0.6 is 11.3 Å². The Labute approximate surface area is 178 Å². The molecule has 1 fully saturated rings. The Bertz CT molecular complexity index is 983. The zero-order valence-electron chi connectivity index (χ0n) is 16.7. The lowest BCUT2D eigenvalue weighted by Gasteiger charge is -2.36. The molecule has 0 spiro atoms. The normalized spacial score (nSPS) is 13.9. The SMILES string of the molecule is COc1ccc(N2CCN(C(=O)Cc3csc(Nc4ccc(F)cc4)n3)CC2)cc1. The lowest BCUT2D eigenvalue weighted by molar-refractivity contribution is -0.130. The van der Waals surface area contributed by atoms with Crippen molar-refractivity contribution in [2.24, 2.45) is 0 Å². The number of thiazole rings is 1. The number of methoxy groups -OCH3 is 1. The quantitative estimate of drug-likeness (QED) is 0.647. The number of hydrogen-bond donors (Lipinski definition) is 1. The van der Waals surface area contributed by atoms with Gasteiger partial charge in [0.2, 0.25) is 5.91 Å². The van der Waals surface area contributed by atoms with Gasteiger partial charge in [-0.25, -0.2) is 9.37 Å². The first-order valence-corrected chi connectivity index (χ1v) is 10.6. The van der Waals surface area contributed by atoms with Crippen LogP contribution in [-0.2, 0) is 11.2 Å². The van der Waals surface area contributed by atoms with Crippen LogP contribution in [0.3, 0.4) is 0 Å². The second-order valence-corrected chi connectivity index (χ2v) is 7.88. The van der Waals surface area contributed by atoms with Crippen molar-refractivity contribution in [1.82, 2.24) is 9.88 Å². The molecule has 0 bridgehead atoms. The van der Waals surface area contributed by atoms with E-state index in [1.807, 2.05) is 34.5 Å². The first kappa shape index (κ1) is 20.2. The van der Waals surface area contributed by atoms with Gasteiger partial charge in [-0.05, 0) is 48.5 Å². The molecule has 1 aliphatic rings. The Hall–Kier alpha value is -3.13. The minimum atomic E-state index is -0.280. The van der Waals surface area contributed by atoms with Crippen LogP contribution in [0.1, 0.15) is 5.69 Å². The Morgan fingerprint density at radius 1 is 1.10 bits per heavy atom. The molecule has 8 heteroatoms. The van der Waals surface area contributed by atoms with Gasteiger partial charge < -0.3 is 19.9 Å². The summed E-state index contributed by atoms with van der Waals surface area (Å²) in [7, 11) is 1.66. The van der Waals surface area contributed by atoms with Gasteiger partial charge in [-0.1, -0.05) is 0 Å². The number of carbonyl (C=O) groups excluding carboxylic acids is 1. The molecule has 0 saturated carbocycles. The van der Waals surface area contributed by atoms with E-state index in [2.05, 4.69) is 15.2 Å². The van der Waals surface area contributed by atoms with Gasteiger partial charge in [0.05, 0.1) is 19.2 Å². The molecule has 1 saturated heterocycles. The lowest BCUT2D eigenvalue weighted by Crippen LogP contribution is -2.49. The van der Waals surface area contributed by atoms with Crippen molar-refractivity contribution in [3.63, 3.8) is 0 Å². The molecule has 0 radical (unpaired) electrons. The van der Waals surface area contributed by atoms with Crippen LogP contribution in [0.5, 0.6) is 5.75 Å². The van der Waals surface area contributed by atoms with E-state index < -0.39 is 0 Å². The van der Waals surface area contributed by atoms with E-state index >= 15 is 0 Å². The van der Waals surface area contributed by atoms with Crippen molar-refractivity contribution in [1.29, 1.82) is 0 Å². The highest BCUT2D eigenvalue weighted by atomic mass is 32.1. The number of anilines is 3. The van der Waals surface area contributed by atoms with Crippen molar-refractivity contribution in [3.8, 4) is 5.75 Å². The number of hydrogen-bond acceptors (Lipinski definition) is 6. The van der Waals surface area contributed by atoms with E-state index in [4.69, 9.17) is 4.74 Å². The van der Waals surface area contributed by atoms with Crippen molar-refractivity contribution in [2.75, 3.05) is 43.5 Å². The molecule has 4 rings (SSSR count). The number of amides is 1. The van der Waals surface area contributed by atoms with E-state index in [-0.39, 0.29) is 18.1 Å². The van der Waals surface area contributed by atoms with Crippen LogP contribution in [0.2, 0.25) is 0 Å². The standard InChI is InChI=1S/C22H23FN4O2S/c1-29-20-8-6-19(7-9-20)26-10-12-27(13-11-26)21(28)14-18-15-30-22(25-18)24-17-4-2-16(23)3-5-17/h2-9,15H,10-14H2,1H3,(H,24,25). The van der Waals surface area contributed by atoms with Crippen LogP contribution in [0, 0.1) is 5.82 Å². The van der Waals surface area contributed by atoms with E-state index in [1.54, 1.807) is 19.2 Å². The van der Waals surface area contributed by atoms with Gasteiger partial charge >= 0.3 is 0 Å². The van der Waals surface area contributed by atoms with Gasteiger partial charge in [0, 0.05) is 42.9 Å². The highest BCUT2D eigenvalue weighted by molar-refractivity contribution is 7.13. The van der Waals surface area contributed by atoms with Crippen LogP contribution in [0.25, 0.3) is 0 Å². The molecule has 30 heavy (non-hydrogen) atoms. The number of aromatic nitrogens is 1. The van der Waals surface area contributed by atoms with Crippen LogP contribution in [0.15, 0.2) is 53.9 Å². The number of rotatable bonds is 6. The summed E-state index contributed by atoms with van der Waals surface area (Å²) >= 11 is 1.43. The smallest absolute Gasteiger partial charge is 0.228 e. The maximum atomic E-state index is 13.0. The zero-order valence-corrected chi connectivity index (χ0v) is 17.5. The molecule has 1 aliphatic heterocycles. The molecule has 2 aromatic carbocycles. The summed E-state index contributed by atoms with van der Waals surface area (Å²) in [6.07, 6.45) is 0.282. The molecular formula is C22H23FN4O2S. The van der Waals surface area contributed by atoms with Crippen molar-refractivity contribution in [3.05, 3.63) is 65.4 Å². The fourth-order valence-electron chi connectivity index (χ4n) is 3.38. The number of ether oxygens (including phenoxy) is 1. The zero-order chi connectivity index (χ0) is 20.9. The maximum absolute atomic E-state index is 13.0. The molecular weight excluding hydrogens is 403 g/mol. The third kappa shape index (κ3) is 4.88. The average Bonchev–Trinajstić information content (AvgIpc) is 3.22. The topological polar surface area (TPSA) is 57.7 Å². The number of piperazine rings is 1. The fourth-order valence-corrected chi connectivity index (χ4v) is 4.11. The molecule has 1 amide bonds. The van der Waals surface area contributed by atoms with Gasteiger partial charge in [0.15, 0.2) is 5.13 Å². The predicted octanol–water partition coefficient (Wildman–Crippen LogP) is 3.93. The molecule has 156 valence electrons. The summed E-state index contributed by atoms with van der Waals surface area (Å²) in [6, 6.07) is 14.1. The summed E-state index contributed by atoms with van der Waals surface area (Å²) in [5.74, 6) is 0.644. The monoisotopic (exact) mass is 426 g/mol. The summed E-state index contributed by atoms with van der Waals surface area (Å²) in [6.45, 7) is 2.98. The van der Waals surface area contributed by atoms with Gasteiger partial charge in [-0.2, -0.15) is 0 Å². The minimum absolute atomic E-state index is 0.0861. The van der Waals surface area contributed by atoms with E-state index in [9.17, 15) is 9.18 Å². The minimum Gasteiger partial charge on any atom is -0.497 e. The Morgan fingerprint density at radius 2 is 1.80 bits per heavy atom. The molecule has 0 unspecified atom stereocenters. The number of benzene rings is 2. The number of nitrogens with one attached hydrogen (secondary N) is 1. The lowest BCUT2D eigenvalue weighted by atomic mass is 10.2. The molecule has 0 atom stereocenters. The molecule has 0 aliphatic carbocycles. The molecule has 2 heterocycles. The van der Waals surface area contributed by atoms with Crippen molar-refractivity contribution in [2.45, 2.75) is 6.42 Å². The summed E-state index contributed by atoms with van der Waals surface area (Å²) in [4.78, 5) is 21.3. The first-order chi connectivity index (χ1) is 14.6. The number of nitrogens with zero attached hydrogens (tertiary/aromatic N) is 3. The van der Waals surface area contributed by atoms with Crippen molar-refractivity contribution >= 4 is 33.8 Å².